The Morgan fingerprint density at radius 3 is 2.70 bits per heavy atom. The molecule has 6 heteroatoms. The lowest BCUT2D eigenvalue weighted by Crippen LogP contribution is -2.32. The molecule has 2 aromatic rings. The number of nitrogens with one attached hydrogen (secondary N) is 1. The Hall–Kier alpha value is -2.50. The van der Waals surface area contributed by atoms with Crippen molar-refractivity contribution >= 4 is 5.91 Å². The molecule has 0 radical (unpaired) electrons. The third-order valence-electron chi connectivity index (χ3n) is 3.63. The number of nitrogens with zero attached hydrogens (tertiary/aromatic N) is 1. The second-order valence-electron chi connectivity index (χ2n) is 5.29. The highest BCUT2D eigenvalue weighted by Gasteiger charge is 2.21. The lowest BCUT2D eigenvalue weighted by molar-refractivity contribution is 0.0928. The molecule has 0 bridgehead atoms. The van der Waals surface area contributed by atoms with Crippen molar-refractivity contribution in [2.45, 2.75) is 39.8 Å². The molecule has 1 amide bonds. The van der Waals surface area contributed by atoms with Gasteiger partial charge in [0.25, 0.3) is 5.91 Å². The average Bonchev–Trinajstić information content (AvgIpc) is 2.93. The summed E-state index contributed by atoms with van der Waals surface area (Å²) in [5.41, 5.74) is 0.898. The van der Waals surface area contributed by atoms with Gasteiger partial charge in [-0.15, -0.1) is 0 Å². The summed E-state index contributed by atoms with van der Waals surface area (Å²) in [5.74, 6) is 1.54. The zero-order valence-corrected chi connectivity index (χ0v) is 13.9. The van der Waals surface area contributed by atoms with Gasteiger partial charge in [-0.3, -0.25) is 4.79 Å². The summed E-state index contributed by atoms with van der Waals surface area (Å²) in [6.45, 7) is 5.88. The maximum absolute atomic E-state index is 12.3. The molecular formula is C17H22N2O4. The van der Waals surface area contributed by atoms with E-state index in [2.05, 4.69) is 10.5 Å². The first kappa shape index (κ1) is 16.9. The van der Waals surface area contributed by atoms with Crippen LogP contribution in [0.5, 0.6) is 11.5 Å². The molecule has 6 nitrogen and oxygen atoms in total. The van der Waals surface area contributed by atoms with Crippen molar-refractivity contribution in [1.82, 2.24) is 10.5 Å². The number of amides is 1. The Kier molecular flexibility index (Phi) is 5.62. The molecule has 1 N–H and O–H groups in total. The molecule has 1 unspecified atom stereocenters. The van der Waals surface area contributed by atoms with E-state index in [9.17, 15) is 4.79 Å². The summed E-state index contributed by atoms with van der Waals surface area (Å²) < 4.78 is 16.2. The van der Waals surface area contributed by atoms with Crippen LogP contribution in [0, 0.1) is 6.92 Å². The van der Waals surface area contributed by atoms with Gasteiger partial charge < -0.3 is 19.3 Å². The molecule has 1 heterocycles. The first-order chi connectivity index (χ1) is 11.1. The smallest absolute Gasteiger partial charge is 0.274 e. The Balaban J connectivity index is 2.14. The number of methoxy groups -OCH3 is 1. The Bertz CT molecular complexity index is 666. The van der Waals surface area contributed by atoms with Crippen molar-refractivity contribution in [3.8, 4) is 11.5 Å². The predicted octanol–water partition coefficient (Wildman–Crippen LogP) is 3.10. The van der Waals surface area contributed by atoms with Crippen LogP contribution in [0.2, 0.25) is 0 Å². The summed E-state index contributed by atoms with van der Waals surface area (Å²) in [7, 11) is 1.58. The van der Waals surface area contributed by atoms with Crippen molar-refractivity contribution in [3.05, 3.63) is 41.3 Å². The number of hydrogen-bond acceptors (Lipinski definition) is 5. The molecule has 2 rings (SSSR count). The Morgan fingerprint density at radius 2 is 2.04 bits per heavy atom. The minimum atomic E-state index is -0.255. The monoisotopic (exact) mass is 318 g/mol. The SMILES string of the molecule is CCC(C)NC(=O)c1noc(C)c1COc1ccccc1OC. The van der Waals surface area contributed by atoms with Crippen LogP contribution < -0.4 is 14.8 Å². The molecule has 1 aromatic heterocycles. The second-order valence-corrected chi connectivity index (χ2v) is 5.29. The van der Waals surface area contributed by atoms with Gasteiger partial charge in [0.15, 0.2) is 17.2 Å². The molecule has 0 aliphatic carbocycles. The topological polar surface area (TPSA) is 73.6 Å². The molecule has 0 aliphatic rings. The molecule has 0 saturated carbocycles. The van der Waals surface area contributed by atoms with Crippen LogP contribution in [0.25, 0.3) is 0 Å². The van der Waals surface area contributed by atoms with Crippen LogP contribution in [0.3, 0.4) is 0 Å². The van der Waals surface area contributed by atoms with Gasteiger partial charge in [-0.25, -0.2) is 0 Å². The highest BCUT2D eigenvalue weighted by molar-refractivity contribution is 5.93. The van der Waals surface area contributed by atoms with Gasteiger partial charge >= 0.3 is 0 Å². The van der Waals surface area contributed by atoms with Crippen molar-refractivity contribution in [2.24, 2.45) is 0 Å². The minimum absolute atomic E-state index is 0.0718. The number of aryl methyl sites for hydroxylation is 1. The fourth-order valence-corrected chi connectivity index (χ4v) is 2.02. The van der Waals surface area contributed by atoms with Crippen LogP contribution in [0.1, 0.15) is 42.1 Å². The molecule has 23 heavy (non-hydrogen) atoms. The van der Waals surface area contributed by atoms with Crippen LogP contribution in [0.15, 0.2) is 28.8 Å². The first-order valence-corrected chi connectivity index (χ1v) is 7.58. The molecule has 0 saturated heterocycles. The maximum Gasteiger partial charge on any atom is 0.274 e. The zero-order chi connectivity index (χ0) is 16.8. The van der Waals surface area contributed by atoms with Gasteiger partial charge in [0.1, 0.15) is 12.4 Å². The van der Waals surface area contributed by atoms with Crippen LogP contribution in [-0.4, -0.2) is 24.2 Å². The van der Waals surface area contributed by atoms with Crippen molar-refractivity contribution in [3.63, 3.8) is 0 Å². The summed E-state index contributed by atoms with van der Waals surface area (Å²) in [4.78, 5) is 12.3. The molecular weight excluding hydrogens is 296 g/mol. The minimum Gasteiger partial charge on any atom is -0.493 e. The van der Waals surface area contributed by atoms with Crippen LogP contribution in [0.4, 0.5) is 0 Å². The van der Waals surface area contributed by atoms with Gasteiger partial charge in [0, 0.05) is 6.04 Å². The van der Waals surface area contributed by atoms with Crippen LogP contribution in [-0.2, 0) is 6.61 Å². The van der Waals surface area contributed by atoms with Gasteiger partial charge in [-0.1, -0.05) is 24.2 Å². The molecule has 0 aliphatic heterocycles. The third kappa shape index (κ3) is 4.03. The molecule has 1 atom stereocenters. The number of carbonyl (C=O) groups excluding carboxylic acids is 1. The van der Waals surface area contributed by atoms with E-state index >= 15 is 0 Å². The Labute approximate surface area is 135 Å². The van der Waals surface area contributed by atoms with E-state index in [4.69, 9.17) is 14.0 Å². The number of rotatable bonds is 7. The number of ether oxygens (including phenoxy) is 2. The summed E-state index contributed by atoms with van der Waals surface area (Å²) in [6.07, 6.45) is 0.843. The van der Waals surface area contributed by atoms with Gasteiger partial charge in [-0.2, -0.15) is 0 Å². The molecule has 0 spiro atoms. The summed E-state index contributed by atoms with van der Waals surface area (Å²) >= 11 is 0. The van der Waals surface area contributed by atoms with Crippen LogP contribution >= 0.6 is 0 Å². The fourth-order valence-electron chi connectivity index (χ4n) is 2.02. The number of benzene rings is 1. The van der Waals surface area contributed by atoms with Crippen molar-refractivity contribution < 1.29 is 18.8 Å². The van der Waals surface area contributed by atoms with E-state index in [-0.39, 0.29) is 24.2 Å². The highest BCUT2D eigenvalue weighted by atomic mass is 16.5. The summed E-state index contributed by atoms with van der Waals surface area (Å²) in [5, 5.41) is 6.74. The normalized spacial score (nSPS) is 11.8. The third-order valence-corrected chi connectivity index (χ3v) is 3.63. The number of carbonyl (C=O) groups is 1. The first-order valence-electron chi connectivity index (χ1n) is 7.58. The van der Waals surface area contributed by atoms with E-state index in [0.717, 1.165) is 6.42 Å². The van der Waals surface area contributed by atoms with Crippen molar-refractivity contribution in [2.75, 3.05) is 7.11 Å². The highest BCUT2D eigenvalue weighted by Crippen LogP contribution is 2.27. The second kappa shape index (κ2) is 7.67. The Morgan fingerprint density at radius 1 is 1.35 bits per heavy atom. The zero-order valence-electron chi connectivity index (χ0n) is 13.9. The fraction of sp³-hybridized carbons (Fsp3) is 0.412. The summed E-state index contributed by atoms with van der Waals surface area (Å²) in [6, 6.07) is 7.41. The van der Waals surface area contributed by atoms with Gasteiger partial charge in [0.2, 0.25) is 0 Å². The number of aromatic nitrogens is 1. The van der Waals surface area contributed by atoms with Crippen molar-refractivity contribution in [1.29, 1.82) is 0 Å². The lowest BCUT2D eigenvalue weighted by atomic mass is 10.2. The lowest BCUT2D eigenvalue weighted by Gasteiger charge is -2.12. The average molecular weight is 318 g/mol. The predicted molar refractivity (Wildman–Crippen MR) is 85.8 cm³/mol. The van der Waals surface area contributed by atoms with E-state index < -0.39 is 0 Å². The molecule has 1 aromatic carbocycles. The van der Waals surface area contributed by atoms with E-state index in [0.29, 0.717) is 22.8 Å². The van der Waals surface area contributed by atoms with E-state index in [1.807, 2.05) is 32.0 Å². The van der Waals surface area contributed by atoms with E-state index in [1.54, 1.807) is 20.1 Å². The van der Waals surface area contributed by atoms with Gasteiger partial charge in [-0.05, 0) is 32.4 Å². The maximum atomic E-state index is 12.3. The van der Waals surface area contributed by atoms with Gasteiger partial charge in [0.05, 0.1) is 12.7 Å². The number of para-hydroxylation sites is 2. The van der Waals surface area contributed by atoms with E-state index in [1.165, 1.54) is 0 Å². The standard InChI is InChI=1S/C17H22N2O4/c1-5-11(2)18-17(20)16-13(12(3)23-19-16)10-22-15-9-7-6-8-14(15)21-4/h6-9,11H,5,10H2,1-4H3,(H,18,20). The quantitative estimate of drug-likeness (QED) is 0.849. The molecule has 124 valence electrons. The number of hydrogen-bond donors (Lipinski definition) is 1. The molecule has 0 fully saturated rings. The largest absolute Gasteiger partial charge is 0.493 e.